The minimum atomic E-state index is 0.830. The first-order chi connectivity index (χ1) is 7.74. The highest BCUT2D eigenvalue weighted by Crippen LogP contribution is 2.40. The molecule has 0 unspecified atom stereocenters. The number of ether oxygens (including phenoxy) is 1. The summed E-state index contributed by atoms with van der Waals surface area (Å²) in [6, 6.07) is 6.71. The summed E-state index contributed by atoms with van der Waals surface area (Å²) in [6.07, 6.45) is 1.05. The molecule has 1 aromatic heterocycles. The van der Waals surface area contributed by atoms with Crippen LogP contribution in [-0.4, -0.2) is 6.61 Å². The summed E-state index contributed by atoms with van der Waals surface area (Å²) in [4.78, 5) is 1.32. The maximum absolute atomic E-state index is 5.75. The molecule has 2 heteroatoms. The third-order valence-electron chi connectivity index (χ3n) is 2.92. The summed E-state index contributed by atoms with van der Waals surface area (Å²) in [6.45, 7) is 5.12. The molecular formula is C14H14OS. The van der Waals surface area contributed by atoms with E-state index in [0.29, 0.717) is 0 Å². The highest BCUT2D eigenvalue weighted by Gasteiger charge is 2.18. The maximum Gasteiger partial charge on any atom is 0.131 e. The van der Waals surface area contributed by atoms with Crippen LogP contribution in [0.1, 0.15) is 16.7 Å². The third kappa shape index (κ3) is 1.54. The molecule has 0 bridgehead atoms. The average Bonchev–Trinajstić information content (AvgIpc) is 2.84. The topological polar surface area (TPSA) is 9.23 Å². The van der Waals surface area contributed by atoms with E-state index in [-0.39, 0.29) is 0 Å². The zero-order chi connectivity index (χ0) is 11.1. The number of aryl methyl sites for hydroxylation is 2. The first-order valence-corrected chi connectivity index (χ1v) is 6.44. The van der Waals surface area contributed by atoms with Crippen LogP contribution >= 0.6 is 11.3 Å². The number of fused-ring (bicyclic) bond motifs is 1. The third-order valence-corrected chi connectivity index (χ3v) is 4.01. The fourth-order valence-corrected chi connectivity index (χ4v) is 3.14. The van der Waals surface area contributed by atoms with E-state index in [0.717, 1.165) is 18.8 Å². The number of hydrogen-bond donors (Lipinski definition) is 0. The zero-order valence-corrected chi connectivity index (χ0v) is 10.4. The standard InChI is InChI=1S/C14H14OS/c1-9-5-11-3-4-15-14(11)12(6-9)13-7-10(2)8-16-13/h5-8H,3-4H2,1-2H3. The van der Waals surface area contributed by atoms with Crippen LogP contribution in [0.3, 0.4) is 0 Å². The van der Waals surface area contributed by atoms with Crippen molar-refractivity contribution >= 4 is 11.3 Å². The smallest absolute Gasteiger partial charge is 0.131 e. The molecule has 0 atom stereocenters. The van der Waals surface area contributed by atoms with Crippen molar-refractivity contribution in [1.82, 2.24) is 0 Å². The fourth-order valence-electron chi connectivity index (χ4n) is 2.22. The van der Waals surface area contributed by atoms with Gasteiger partial charge in [0.05, 0.1) is 6.61 Å². The van der Waals surface area contributed by atoms with E-state index in [4.69, 9.17) is 4.74 Å². The summed E-state index contributed by atoms with van der Waals surface area (Å²) in [7, 11) is 0. The Bertz CT molecular complexity index is 540. The van der Waals surface area contributed by atoms with Crippen molar-refractivity contribution in [1.29, 1.82) is 0 Å². The molecule has 82 valence electrons. The second kappa shape index (κ2) is 3.63. The lowest BCUT2D eigenvalue weighted by Gasteiger charge is -2.07. The van der Waals surface area contributed by atoms with Crippen molar-refractivity contribution < 1.29 is 4.74 Å². The molecule has 0 saturated carbocycles. The van der Waals surface area contributed by atoms with Crippen LogP contribution in [0.4, 0.5) is 0 Å². The van der Waals surface area contributed by atoms with Crippen molar-refractivity contribution in [2.45, 2.75) is 20.3 Å². The Balaban J connectivity index is 2.20. The van der Waals surface area contributed by atoms with Gasteiger partial charge < -0.3 is 4.74 Å². The molecule has 3 rings (SSSR count). The Labute approximate surface area is 99.7 Å². The van der Waals surface area contributed by atoms with Crippen LogP contribution in [0.2, 0.25) is 0 Å². The number of benzene rings is 1. The van der Waals surface area contributed by atoms with Gasteiger partial charge >= 0.3 is 0 Å². The molecular weight excluding hydrogens is 216 g/mol. The molecule has 2 heterocycles. The van der Waals surface area contributed by atoms with Crippen molar-refractivity contribution in [3.63, 3.8) is 0 Å². The van der Waals surface area contributed by atoms with Crippen molar-refractivity contribution in [2.24, 2.45) is 0 Å². The Morgan fingerprint density at radius 2 is 2.00 bits per heavy atom. The van der Waals surface area contributed by atoms with Gasteiger partial charge in [-0.2, -0.15) is 0 Å². The lowest BCUT2D eigenvalue weighted by atomic mass is 10.0. The van der Waals surface area contributed by atoms with Gasteiger partial charge in [0.25, 0.3) is 0 Å². The normalized spacial score (nSPS) is 13.6. The number of thiophene rings is 1. The van der Waals surface area contributed by atoms with Gasteiger partial charge in [0, 0.05) is 16.9 Å². The van der Waals surface area contributed by atoms with Crippen molar-refractivity contribution in [3.05, 3.63) is 40.3 Å². The summed E-state index contributed by atoms with van der Waals surface area (Å²) >= 11 is 1.80. The van der Waals surface area contributed by atoms with Crippen LogP contribution in [-0.2, 0) is 6.42 Å². The first-order valence-electron chi connectivity index (χ1n) is 5.56. The van der Waals surface area contributed by atoms with Crippen LogP contribution in [0.15, 0.2) is 23.6 Å². The van der Waals surface area contributed by atoms with E-state index in [2.05, 4.69) is 37.4 Å². The quantitative estimate of drug-likeness (QED) is 0.720. The second-order valence-corrected chi connectivity index (χ2v) is 5.30. The molecule has 1 nitrogen and oxygen atoms in total. The van der Waals surface area contributed by atoms with Gasteiger partial charge in [0.1, 0.15) is 5.75 Å². The van der Waals surface area contributed by atoms with Gasteiger partial charge in [-0.25, -0.2) is 0 Å². The molecule has 1 aromatic carbocycles. The Kier molecular flexibility index (Phi) is 2.25. The van der Waals surface area contributed by atoms with E-state index in [1.54, 1.807) is 11.3 Å². The number of hydrogen-bond acceptors (Lipinski definition) is 2. The molecule has 0 amide bonds. The van der Waals surface area contributed by atoms with Gasteiger partial charge in [0.15, 0.2) is 0 Å². The SMILES string of the molecule is Cc1csc(-c2cc(C)cc3c2OCC3)c1. The minimum Gasteiger partial charge on any atom is -0.492 e. The maximum atomic E-state index is 5.75. The molecule has 0 fully saturated rings. The minimum absolute atomic E-state index is 0.830. The van der Waals surface area contributed by atoms with E-state index in [1.807, 2.05) is 0 Å². The first kappa shape index (κ1) is 9.91. The highest BCUT2D eigenvalue weighted by atomic mass is 32.1. The lowest BCUT2D eigenvalue weighted by molar-refractivity contribution is 0.358. The van der Waals surface area contributed by atoms with Crippen LogP contribution in [0.5, 0.6) is 5.75 Å². The molecule has 0 saturated heterocycles. The monoisotopic (exact) mass is 230 g/mol. The molecule has 0 N–H and O–H groups in total. The average molecular weight is 230 g/mol. The molecule has 0 aliphatic carbocycles. The van der Waals surface area contributed by atoms with Crippen LogP contribution in [0.25, 0.3) is 10.4 Å². The van der Waals surface area contributed by atoms with E-state index >= 15 is 0 Å². The molecule has 2 aromatic rings. The summed E-state index contributed by atoms with van der Waals surface area (Å²) < 4.78 is 5.75. The molecule has 16 heavy (non-hydrogen) atoms. The largest absolute Gasteiger partial charge is 0.492 e. The zero-order valence-electron chi connectivity index (χ0n) is 9.54. The number of rotatable bonds is 1. The fraction of sp³-hybridized carbons (Fsp3) is 0.286. The van der Waals surface area contributed by atoms with Crippen molar-refractivity contribution in [3.8, 4) is 16.2 Å². The Morgan fingerprint density at radius 3 is 2.75 bits per heavy atom. The molecule has 1 aliphatic heterocycles. The summed E-state index contributed by atoms with van der Waals surface area (Å²) in [5, 5.41) is 2.19. The molecule has 1 aliphatic rings. The van der Waals surface area contributed by atoms with Gasteiger partial charge in [-0.1, -0.05) is 6.07 Å². The molecule has 0 radical (unpaired) electrons. The predicted molar refractivity (Wildman–Crippen MR) is 68.4 cm³/mol. The van der Waals surface area contributed by atoms with Crippen LogP contribution in [0, 0.1) is 13.8 Å². The highest BCUT2D eigenvalue weighted by molar-refractivity contribution is 7.13. The lowest BCUT2D eigenvalue weighted by Crippen LogP contribution is -1.88. The van der Waals surface area contributed by atoms with Gasteiger partial charge in [-0.05, 0) is 48.1 Å². The van der Waals surface area contributed by atoms with Crippen molar-refractivity contribution in [2.75, 3.05) is 6.61 Å². The van der Waals surface area contributed by atoms with E-state index in [9.17, 15) is 0 Å². The van der Waals surface area contributed by atoms with Gasteiger partial charge in [0.2, 0.25) is 0 Å². The van der Waals surface area contributed by atoms with Gasteiger partial charge in [-0.3, -0.25) is 0 Å². The van der Waals surface area contributed by atoms with Crippen LogP contribution < -0.4 is 4.74 Å². The summed E-state index contributed by atoms with van der Waals surface area (Å²) in [5.74, 6) is 1.10. The van der Waals surface area contributed by atoms with E-state index in [1.165, 1.54) is 27.1 Å². The Hall–Kier alpha value is -1.28. The summed E-state index contributed by atoms with van der Waals surface area (Å²) in [5.41, 5.74) is 5.28. The predicted octanol–water partition coefficient (Wildman–Crippen LogP) is 3.97. The van der Waals surface area contributed by atoms with E-state index < -0.39 is 0 Å². The van der Waals surface area contributed by atoms with Gasteiger partial charge in [-0.15, -0.1) is 11.3 Å². The second-order valence-electron chi connectivity index (χ2n) is 4.39. The Morgan fingerprint density at radius 1 is 1.12 bits per heavy atom. The molecule has 0 spiro atoms.